The highest BCUT2D eigenvalue weighted by molar-refractivity contribution is 6.74. The number of aliphatic hydroxyl groups excluding tert-OH is 1. The van der Waals surface area contributed by atoms with Crippen LogP contribution in [0.5, 0.6) is 0 Å². The molecule has 1 heterocycles. The highest BCUT2D eigenvalue weighted by atomic mass is 28.4. The fourth-order valence-corrected chi connectivity index (χ4v) is 3.92. The van der Waals surface area contributed by atoms with Gasteiger partial charge in [-0.3, -0.25) is 0 Å². The minimum Gasteiger partial charge on any atom is -0.407 e. The fraction of sp³-hybridized carbons (Fsp3) is 0.727. The molecule has 1 aromatic heterocycles. The summed E-state index contributed by atoms with van der Waals surface area (Å²) in [6, 6.07) is 0. The van der Waals surface area contributed by atoms with Crippen LogP contribution in [0.25, 0.3) is 6.08 Å². The molecule has 5 nitrogen and oxygen atoms in total. The van der Waals surface area contributed by atoms with Crippen LogP contribution in [0.4, 0.5) is 4.39 Å². The van der Waals surface area contributed by atoms with E-state index in [1.165, 1.54) is 16.4 Å². The van der Waals surface area contributed by atoms with Gasteiger partial charge in [-0.15, -0.1) is 0 Å². The smallest absolute Gasteiger partial charge is 0.193 e. The first-order chi connectivity index (χ1) is 13.4. The van der Waals surface area contributed by atoms with E-state index in [2.05, 4.69) is 64.0 Å². The van der Waals surface area contributed by atoms with Crippen molar-refractivity contribution < 1.29 is 13.9 Å². The number of aryl methyl sites for hydroxylation is 1. The zero-order valence-electron chi connectivity index (χ0n) is 19.5. The number of allylic oxidation sites excluding steroid dienone is 1. The second-order valence-electron chi connectivity index (χ2n) is 9.62. The maximum Gasteiger partial charge on any atom is 0.193 e. The molecule has 0 aromatic carbocycles. The Morgan fingerprint density at radius 1 is 1.38 bits per heavy atom. The lowest BCUT2D eigenvalue weighted by molar-refractivity contribution is 0.191. The highest BCUT2D eigenvalue weighted by Crippen LogP contribution is 2.39. The first-order valence-corrected chi connectivity index (χ1v) is 13.4. The van der Waals surface area contributed by atoms with Crippen LogP contribution in [0.2, 0.25) is 18.1 Å². The second kappa shape index (κ2) is 11.2. The quantitative estimate of drug-likeness (QED) is 0.367. The molecule has 0 aliphatic heterocycles. The lowest BCUT2D eigenvalue weighted by Gasteiger charge is -2.38. The Labute approximate surface area is 177 Å². The minimum atomic E-state index is -2.14. The molecule has 0 radical (unpaired) electrons. The Hall–Kier alpha value is -1.31. The van der Waals surface area contributed by atoms with E-state index in [0.717, 1.165) is 19.3 Å². The fourth-order valence-electron chi connectivity index (χ4n) is 2.64. The van der Waals surface area contributed by atoms with Crippen molar-refractivity contribution in [1.29, 1.82) is 0 Å². The molecule has 0 fully saturated rings. The van der Waals surface area contributed by atoms with Crippen LogP contribution in [0, 0.1) is 5.92 Å². The van der Waals surface area contributed by atoms with E-state index in [1.54, 1.807) is 13.2 Å². The molecular weight excluding hydrogens is 385 g/mol. The predicted molar refractivity (Wildman–Crippen MR) is 121 cm³/mol. The van der Waals surface area contributed by atoms with Crippen molar-refractivity contribution in [1.82, 2.24) is 15.0 Å². The first kappa shape index (κ1) is 25.7. The van der Waals surface area contributed by atoms with Crippen molar-refractivity contribution in [2.45, 2.75) is 84.5 Å². The summed E-state index contributed by atoms with van der Waals surface area (Å²) in [5.41, 5.74) is 1.72. The van der Waals surface area contributed by atoms with E-state index in [-0.39, 0.29) is 17.5 Å². The van der Waals surface area contributed by atoms with Crippen molar-refractivity contribution in [2.75, 3.05) is 6.61 Å². The van der Waals surface area contributed by atoms with Gasteiger partial charge in [-0.1, -0.05) is 39.3 Å². The largest absolute Gasteiger partial charge is 0.407 e. The summed E-state index contributed by atoms with van der Waals surface area (Å²) in [7, 11) is -0.428. The average molecular weight is 426 g/mol. The second-order valence-corrected chi connectivity index (χ2v) is 14.4. The van der Waals surface area contributed by atoms with Crippen LogP contribution < -0.4 is 0 Å². The van der Waals surface area contributed by atoms with Crippen LogP contribution in [-0.2, 0) is 11.5 Å². The van der Waals surface area contributed by atoms with Gasteiger partial charge in [0, 0.05) is 19.7 Å². The molecule has 0 saturated heterocycles. The van der Waals surface area contributed by atoms with Crippen molar-refractivity contribution >= 4 is 14.4 Å². The molecule has 0 aliphatic rings. The maximum atomic E-state index is 15.2. The Morgan fingerprint density at radius 2 is 2.03 bits per heavy atom. The van der Waals surface area contributed by atoms with Gasteiger partial charge >= 0.3 is 0 Å². The lowest BCUT2D eigenvalue weighted by Crippen LogP contribution is -2.44. The Bertz CT molecular complexity index is 692. The lowest BCUT2D eigenvalue weighted by atomic mass is 10.0. The number of nitrogens with zero attached hydrogens (tertiary/aromatic N) is 3. The van der Waals surface area contributed by atoms with E-state index < -0.39 is 14.4 Å². The molecule has 1 rings (SSSR count). The molecule has 1 aromatic rings. The molecular formula is C22H40FN3O2Si. The molecule has 0 spiro atoms. The standard InChI is InChI=1S/C22H40FN3O2Si/c1-17(10-9-11-18(2)16-27)12-13-21(28-29(7,8)22(3,4)5)20(23)14-19-15-24-26(6)25-19/h12,14-15,18,21,27H,9-11,13,16H2,1-8H3/t18?,21-/m0/s1. The summed E-state index contributed by atoms with van der Waals surface area (Å²) >= 11 is 0. The summed E-state index contributed by atoms with van der Waals surface area (Å²) in [6.45, 7) is 15.1. The van der Waals surface area contributed by atoms with E-state index in [1.807, 2.05) is 0 Å². The van der Waals surface area contributed by atoms with Gasteiger partial charge in [0.05, 0.1) is 6.20 Å². The molecule has 0 saturated carbocycles. The van der Waals surface area contributed by atoms with E-state index in [0.29, 0.717) is 18.0 Å². The summed E-state index contributed by atoms with van der Waals surface area (Å²) < 4.78 is 21.6. The van der Waals surface area contributed by atoms with Crippen molar-refractivity contribution in [2.24, 2.45) is 13.0 Å². The Morgan fingerprint density at radius 3 is 2.55 bits per heavy atom. The van der Waals surface area contributed by atoms with Crippen molar-refractivity contribution in [3.8, 4) is 0 Å². The topological polar surface area (TPSA) is 60.2 Å². The predicted octanol–water partition coefficient (Wildman–Crippen LogP) is 5.65. The number of rotatable bonds is 11. The molecule has 1 N–H and O–H groups in total. The Kier molecular flexibility index (Phi) is 9.92. The first-order valence-electron chi connectivity index (χ1n) is 10.5. The normalized spacial score (nSPS) is 16.2. The zero-order chi connectivity index (χ0) is 22.2. The summed E-state index contributed by atoms with van der Waals surface area (Å²) in [4.78, 5) is 1.42. The van der Waals surface area contributed by atoms with Crippen LogP contribution in [-0.4, -0.2) is 41.1 Å². The molecule has 1 unspecified atom stereocenters. The molecule has 166 valence electrons. The summed E-state index contributed by atoms with van der Waals surface area (Å²) in [5, 5.41) is 17.3. The van der Waals surface area contributed by atoms with E-state index in [4.69, 9.17) is 9.53 Å². The van der Waals surface area contributed by atoms with Crippen LogP contribution in [0.1, 0.15) is 66.0 Å². The maximum absolute atomic E-state index is 15.2. The molecule has 0 bridgehead atoms. The van der Waals surface area contributed by atoms with Crippen LogP contribution >= 0.6 is 0 Å². The van der Waals surface area contributed by atoms with Gasteiger partial charge in [0.1, 0.15) is 17.6 Å². The monoisotopic (exact) mass is 425 g/mol. The van der Waals surface area contributed by atoms with Gasteiger partial charge < -0.3 is 9.53 Å². The van der Waals surface area contributed by atoms with E-state index in [9.17, 15) is 0 Å². The molecule has 2 atom stereocenters. The molecule has 29 heavy (non-hydrogen) atoms. The van der Waals surface area contributed by atoms with Crippen molar-refractivity contribution in [3.05, 3.63) is 29.4 Å². The highest BCUT2D eigenvalue weighted by Gasteiger charge is 2.39. The summed E-state index contributed by atoms with van der Waals surface area (Å²) in [6.07, 6.45) is 7.91. The Balaban J connectivity index is 2.92. The number of hydrogen-bond acceptors (Lipinski definition) is 4. The molecule has 0 amide bonds. The van der Waals surface area contributed by atoms with Gasteiger partial charge in [0.15, 0.2) is 8.32 Å². The third kappa shape index (κ3) is 8.93. The third-order valence-corrected chi connectivity index (χ3v) is 10.2. The van der Waals surface area contributed by atoms with E-state index >= 15 is 4.39 Å². The van der Waals surface area contributed by atoms with Gasteiger partial charge in [-0.05, 0) is 56.7 Å². The van der Waals surface area contributed by atoms with Gasteiger partial charge in [-0.25, -0.2) is 4.39 Å². The van der Waals surface area contributed by atoms with Gasteiger partial charge in [0.2, 0.25) is 0 Å². The zero-order valence-corrected chi connectivity index (χ0v) is 20.5. The minimum absolute atomic E-state index is 0.00270. The van der Waals surface area contributed by atoms with Gasteiger partial charge in [-0.2, -0.15) is 15.0 Å². The SMILES string of the molecule is CC(=CC[C@H](O[Si](C)(C)C(C)(C)C)C(F)=Cc1cnn(C)n1)CCCC(C)CO. The number of aliphatic hydroxyl groups is 1. The van der Waals surface area contributed by atoms with Crippen molar-refractivity contribution in [3.63, 3.8) is 0 Å². The third-order valence-electron chi connectivity index (χ3n) is 5.71. The summed E-state index contributed by atoms with van der Waals surface area (Å²) in [5.74, 6) is 0.0121. The van der Waals surface area contributed by atoms with Gasteiger partial charge in [0.25, 0.3) is 0 Å². The van der Waals surface area contributed by atoms with Crippen LogP contribution in [0.15, 0.2) is 23.7 Å². The molecule has 0 aliphatic carbocycles. The molecule has 7 heteroatoms. The number of halogens is 1. The number of aromatic nitrogens is 3. The number of hydrogen-bond donors (Lipinski definition) is 1. The average Bonchev–Trinajstić information content (AvgIpc) is 3.01. The van der Waals surface area contributed by atoms with Crippen LogP contribution in [0.3, 0.4) is 0 Å².